The second kappa shape index (κ2) is 7.62. The molecule has 0 saturated carbocycles. The van der Waals surface area contributed by atoms with Gasteiger partial charge in [-0.1, -0.05) is 29.5 Å². The molecule has 3 aromatic rings. The van der Waals surface area contributed by atoms with E-state index in [0.29, 0.717) is 29.4 Å². The second-order valence-corrected chi connectivity index (χ2v) is 9.84. The van der Waals surface area contributed by atoms with Crippen LogP contribution in [0.1, 0.15) is 23.2 Å². The summed E-state index contributed by atoms with van der Waals surface area (Å²) < 4.78 is 30.2. The van der Waals surface area contributed by atoms with E-state index in [9.17, 15) is 13.2 Å². The summed E-state index contributed by atoms with van der Waals surface area (Å²) in [6, 6.07) is 13.9. The molecule has 0 bridgehead atoms. The Balaban J connectivity index is 1.73. The van der Waals surface area contributed by atoms with Gasteiger partial charge in [0, 0.05) is 18.4 Å². The van der Waals surface area contributed by atoms with Crippen LogP contribution in [0.4, 0.5) is 5.13 Å². The maximum absolute atomic E-state index is 13.2. The smallest absolute Gasteiger partial charge is 0.260 e. The molecule has 0 spiro atoms. The van der Waals surface area contributed by atoms with Gasteiger partial charge in [0.05, 0.1) is 27.8 Å². The van der Waals surface area contributed by atoms with Crippen molar-refractivity contribution < 1.29 is 17.9 Å². The molecule has 2 heterocycles. The number of rotatable bonds is 5. The van der Waals surface area contributed by atoms with E-state index in [1.807, 2.05) is 18.2 Å². The first kappa shape index (κ1) is 19.0. The van der Waals surface area contributed by atoms with E-state index < -0.39 is 9.84 Å². The first-order valence-corrected chi connectivity index (χ1v) is 11.7. The predicted octanol–water partition coefficient (Wildman–Crippen LogP) is 3.53. The first-order valence-electron chi connectivity index (χ1n) is 9.01. The van der Waals surface area contributed by atoms with Crippen molar-refractivity contribution in [3.8, 4) is 0 Å². The SMILES string of the molecule is CS(=O)(=O)c1ccc2nc(N(CC3CCCO3)C(=O)c3ccccc3)sc2c1. The van der Waals surface area contributed by atoms with E-state index >= 15 is 0 Å². The number of sulfone groups is 1. The fraction of sp³-hybridized carbons (Fsp3) is 0.300. The van der Waals surface area contributed by atoms with Crippen molar-refractivity contribution >= 4 is 42.4 Å². The van der Waals surface area contributed by atoms with Gasteiger partial charge in [-0.25, -0.2) is 13.4 Å². The van der Waals surface area contributed by atoms with Crippen molar-refractivity contribution in [2.75, 3.05) is 24.3 Å². The Morgan fingerprint density at radius 3 is 2.71 bits per heavy atom. The van der Waals surface area contributed by atoms with Crippen LogP contribution in [0.2, 0.25) is 0 Å². The molecule has 1 unspecified atom stereocenters. The van der Waals surface area contributed by atoms with Gasteiger partial charge in [0.25, 0.3) is 5.91 Å². The van der Waals surface area contributed by atoms with Gasteiger partial charge in [-0.3, -0.25) is 9.69 Å². The van der Waals surface area contributed by atoms with Gasteiger partial charge >= 0.3 is 0 Å². The van der Waals surface area contributed by atoms with Crippen LogP contribution in [0, 0.1) is 0 Å². The maximum atomic E-state index is 13.2. The van der Waals surface area contributed by atoms with Crippen molar-refractivity contribution in [1.29, 1.82) is 0 Å². The van der Waals surface area contributed by atoms with Gasteiger partial charge in [-0.15, -0.1) is 0 Å². The largest absolute Gasteiger partial charge is 0.376 e. The van der Waals surface area contributed by atoms with Crippen molar-refractivity contribution in [3.63, 3.8) is 0 Å². The van der Waals surface area contributed by atoms with Crippen LogP contribution < -0.4 is 4.90 Å². The lowest BCUT2D eigenvalue weighted by Crippen LogP contribution is -2.37. The third-order valence-electron chi connectivity index (χ3n) is 4.68. The van der Waals surface area contributed by atoms with Crippen molar-refractivity contribution in [1.82, 2.24) is 4.98 Å². The zero-order chi connectivity index (χ0) is 19.7. The standard InChI is InChI=1S/C20H20N2O4S2/c1-28(24,25)16-9-10-17-18(12-16)27-20(21-17)22(13-15-8-5-11-26-15)19(23)14-6-3-2-4-7-14/h2-4,6-7,9-10,12,15H,5,8,11,13H2,1H3. The van der Waals surface area contributed by atoms with Crippen LogP contribution in [0.3, 0.4) is 0 Å². The van der Waals surface area contributed by atoms with E-state index in [-0.39, 0.29) is 16.9 Å². The summed E-state index contributed by atoms with van der Waals surface area (Å²) in [4.78, 5) is 19.7. The molecule has 1 aliphatic heterocycles. The highest BCUT2D eigenvalue weighted by atomic mass is 32.2. The molecule has 1 aliphatic rings. The van der Waals surface area contributed by atoms with Crippen molar-refractivity contribution in [3.05, 3.63) is 54.1 Å². The van der Waals surface area contributed by atoms with Gasteiger partial charge in [0.2, 0.25) is 0 Å². The lowest BCUT2D eigenvalue weighted by molar-refractivity contribution is 0.0917. The number of hydrogen-bond acceptors (Lipinski definition) is 6. The fourth-order valence-electron chi connectivity index (χ4n) is 3.22. The number of ether oxygens (including phenoxy) is 1. The zero-order valence-electron chi connectivity index (χ0n) is 15.4. The highest BCUT2D eigenvalue weighted by molar-refractivity contribution is 7.90. The molecule has 1 amide bonds. The normalized spacial score (nSPS) is 17.1. The summed E-state index contributed by atoms with van der Waals surface area (Å²) in [5.41, 5.74) is 1.25. The van der Waals surface area contributed by atoms with Crippen molar-refractivity contribution in [2.24, 2.45) is 0 Å². The van der Waals surface area contributed by atoms with E-state index in [0.717, 1.165) is 17.5 Å². The molecular weight excluding hydrogens is 396 g/mol. The number of thiazole rings is 1. The molecule has 6 nitrogen and oxygen atoms in total. The fourth-order valence-corrected chi connectivity index (χ4v) is 4.95. The number of nitrogens with zero attached hydrogens (tertiary/aromatic N) is 2. The van der Waals surface area contributed by atoms with Crippen LogP contribution >= 0.6 is 11.3 Å². The number of aromatic nitrogens is 1. The molecule has 0 N–H and O–H groups in total. The molecule has 1 fully saturated rings. The Morgan fingerprint density at radius 1 is 1.25 bits per heavy atom. The topological polar surface area (TPSA) is 76.6 Å². The first-order chi connectivity index (χ1) is 13.4. The maximum Gasteiger partial charge on any atom is 0.260 e. The minimum absolute atomic E-state index is 0.0220. The third-order valence-corrected chi connectivity index (χ3v) is 6.84. The summed E-state index contributed by atoms with van der Waals surface area (Å²) >= 11 is 1.32. The van der Waals surface area contributed by atoms with E-state index in [2.05, 4.69) is 4.98 Å². The summed E-state index contributed by atoms with van der Waals surface area (Å²) in [5.74, 6) is -0.140. The summed E-state index contributed by atoms with van der Waals surface area (Å²) in [6.07, 6.45) is 3.04. The molecule has 0 radical (unpaired) electrons. The Hall–Kier alpha value is -2.29. The zero-order valence-corrected chi connectivity index (χ0v) is 17.0. The molecule has 1 saturated heterocycles. The molecule has 4 rings (SSSR count). The molecular formula is C20H20N2O4S2. The molecule has 8 heteroatoms. The van der Waals surface area contributed by atoms with Gasteiger partial charge in [-0.05, 0) is 43.2 Å². The van der Waals surface area contributed by atoms with Crippen LogP contribution in [0.15, 0.2) is 53.4 Å². The Labute approximate surface area is 167 Å². The second-order valence-electron chi connectivity index (χ2n) is 6.81. The van der Waals surface area contributed by atoms with Crippen LogP contribution in [0.25, 0.3) is 10.2 Å². The number of carbonyl (C=O) groups is 1. The van der Waals surface area contributed by atoms with Gasteiger partial charge in [0.15, 0.2) is 15.0 Å². The Kier molecular flexibility index (Phi) is 5.18. The molecule has 146 valence electrons. The highest BCUT2D eigenvalue weighted by Gasteiger charge is 2.27. The van der Waals surface area contributed by atoms with Crippen LogP contribution in [-0.4, -0.2) is 44.8 Å². The van der Waals surface area contributed by atoms with Crippen LogP contribution in [0.5, 0.6) is 0 Å². The van der Waals surface area contributed by atoms with Crippen LogP contribution in [-0.2, 0) is 14.6 Å². The van der Waals surface area contributed by atoms with Gasteiger partial charge in [-0.2, -0.15) is 0 Å². The Bertz CT molecular complexity index is 1100. The Morgan fingerprint density at radius 2 is 2.04 bits per heavy atom. The molecule has 1 atom stereocenters. The minimum atomic E-state index is -3.30. The van der Waals surface area contributed by atoms with Gasteiger partial charge < -0.3 is 4.74 Å². The molecule has 1 aromatic heterocycles. The number of anilines is 1. The van der Waals surface area contributed by atoms with E-state index in [1.165, 1.54) is 17.6 Å². The predicted molar refractivity (Wildman–Crippen MR) is 110 cm³/mol. The number of carbonyl (C=O) groups excluding carboxylic acids is 1. The minimum Gasteiger partial charge on any atom is -0.376 e. The summed E-state index contributed by atoms with van der Waals surface area (Å²) in [5, 5.41) is 0.546. The summed E-state index contributed by atoms with van der Waals surface area (Å²) in [7, 11) is -3.30. The number of fused-ring (bicyclic) bond motifs is 1. The van der Waals surface area contributed by atoms with Gasteiger partial charge in [0.1, 0.15) is 0 Å². The molecule has 28 heavy (non-hydrogen) atoms. The van der Waals surface area contributed by atoms with E-state index in [1.54, 1.807) is 35.2 Å². The average molecular weight is 417 g/mol. The van der Waals surface area contributed by atoms with E-state index in [4.69, 9.17) is 4.74 Å². The summed E-state index contributed by atoms with van der Waals surface area (Å²) in [6.45, 7) is 1.13. The lowest BCUT2D eigenvalue weighted by atomic mass is 10.2. The molecule has 0 aliphatic carbocycles. The average Bonchev–Trinajstić information content (AvgIpc) is 3.34. The third kappa shape index (κ3) is 3.94. The highest BCUT2D eigenvalue weighted by Crippen LogP contribution is 2.32. The quantitative estimate of drug-likeness (QED) is 0.636. The monoisotopic (exact) mass is 416 g/mol. The van der Waals surface area contributed by atoms with Crippen molar-refractivity contribution in [2.45, 2.75) is 23.8 Å². The number of benzene rings is 2. The molecule has 2 aromatic carbocycles. The number of hydrogen-bond donors (Lipinski definition) is 0. The number of amides is 1. The lowest BCUT2D eigenvalue weighted by Gasteiger charge is -2.23.